The minimum atomic E-state index is -0.790. The van der Waals surface area contributed by atoms with E-state index in [1.54, 1.807) is 7.11 Å². The van der Waals surface area contributed by atoms with Gasteiger partial charge in [0.2, 0.25) is 5.91 Å². The molecule has 0 unspecified atom stereocenters. The van der Waals surface area contributed by atoms with Gasteiger partial charge in [-0.1, -0.05) is 12.1 Å². The third-order valence-corrected chi connectivity index (χ3v) is 4.07. The molecule has 1 aliphatic heterocycles. The number of amides is 3. The summed E-state index contributed by atoms with van der Waals surface area (Å²) < 4.78 is 5.27. The number of carbonyl (C=O) groups is 2. The van der Waals surface area contributed by atoms with Gasteiger partial charge in [0.05, 0.1) is 7.11 Å². The number of primary amides is 1. The molecule has 0 saturated carbocycles. The number of nitrogens with one attached hydrogen (secondary N) is 1. The lowest BCUT2D eigenvalue weighted by Gasteiger charge is -2.32. The average molecular weight is 305 g/mol. The number of likely N-dealkylation sites (tertiary alicyclic amines) is 1. The van der Waals surface area contributed by atoms with E-state index in [2.05, 4.69) is 22.3 Å². The molecule has 0 atom stereocenters. The number of urea groups is 1. The van der Waals surface area contributed by atoms with Gasteiger partial charge in [-0.2, -0.15) is 0 Å². The zero-order chi connectivity index (χ0) is 15.9. The van der Waals surface area contributed by atoms with Gasteiger partial charge in [-0.3, -0.25) is 10.1 Å². The molecule has 0 spiro atoms. The number of rotatable bonds is 5. The lowest BCUT2D eigenvalue weighted by molar-refractivity contribution is -0.120. The van der Waals surface area contributed by atoms with E-state index in [4.69, 9.17) is 10.5 Å². The fourth-order valence-corrected chi connectivity index (χ4v) is 2.84. The number of carbonyl (C=O) groups excluding carboxylic acids is 2. The second-order valence-electron chi connectivity index (χ2n) is 5.55. The lowest BCUT2D eigenvalue weighted by atomic mass is 9.89. The molecule has 3 N–H and O–H groups in total. The van der Waals surface area contributed by atoms with Crippen molar-refractivity contribution in [3.8, 4) is 5.75 Å². The number of piperidine rings is 1. The first-order valence-electron chi connectivity index (χ1n) is 7.54. The van der Waals surface area contributed by atoms with Crippen molar-refractivity contribution < 1.29 is 14.3 Å². The van der Waals surface area contributed by atoms with Gasteiger partial charge in [0, 0.05) is 13.0 Å². The van der Waals surface area contributed by atoms with Crippen molar-refractivity contribution in [2.45, 2.75) is 25.2 Å². The van der Waals surface area contributed by atoms with E-state index in [1.807, 2.05) is 12.1 Å². The number of ether oxygens (including phenoxy) is 1. The summed E-state index contributed by atoms with van der Waals surface area (Å²) in [6.45, 7) is 2.56. The Morgan fingerprint density at radius 2 is 2.09 bits per heavy atom. The van der Waals surface area contributed by atoms with Gasteiger partial charge >= 0.3 is 6.03 Å². The molecule has 22 heavy (non-hydrogen) atoms. The van der Waals surface area contributed by atoms with Crippen molar-refractivity contribution in [1.82, 2.24) is 10.2 Å². The summed E-state index contributed by atoms with van der Waals surface area (Å²) in [6, 6.07) is 7.43. The average Bonchev–Trinajstić information content (AvgIpc) is 2.53. The predicted octanol–water partition coefficient (Wildman–Crippen LogP) is 1.46. The van der Waals surface area contributed by atoms with Crippen molar-refractivity contribution in [2.75, 3.05) is 26.7 Å². The smallest absolute Gasteiger partial charge is 0.318 e. The first-order chi connectivity index (χ1) is 10.6. The quantitative estimate of drug-likeness (QED) is 0.862. The van der Waals surface area contributed by atoms with Gasteiger partial charge in [0.25, 0.3) is 0 Å². The second kappa shape index (κ2) is 7.79. The zero-order valence-corrected chi connectivity index (χ0v) is 12.9. The van der Waals surface area contributed by atoms with Gasteiger partial charge in [-0.05, 0) is 49.5 Å². The van der Waals surface area contributed by atoms with Crippen LogP contribution in [-0.4, -0.2) is 43.6 Å². The first-order valence-corrected chi connectivity index (χ1v) is 7.54. The molecular formula is C16H23N3O3. The highest BCUT2D eigenvalue weighted by atomic mass is 16.5. The maximum absolute atomic E-state index is 11.4. The Bertz CT molecular complexity index is 525. The van der Waals surface area contributed by atoms with Crippen molar-refractivity contribution in [3.63, 3.8) is 0 Å². The SMILES string of the molecule is COc1cccc(C2CCN(CCC(=O)NC(N)=O)CC2)c1. The van der Waals surface area contributed by atoms with E-state index in [9.17, 15) is 9.59 Å². The van der Waals surface area contributed by atoms with Crippen LogP contribution in [0.25, 0.3) is 0 Å². The summed E-state index contributed by atoms with van der Waals surface area (Å²) in [7, 11) is 1.68. The van der Waals surface area contributed by atoms with Crippen LogP contribution in [0.4, 0.5) is 4.79 Å². The van der Waals surface area contributed by atoms with E-state index in [0.717, 1.165) is 31.7 Å². The Kier molecular flexibility index (Phi) is 5.77. The second-order valence-corrected chi connectivity index (χ2v) is 5.55. The highest BCUT2D eigenvalue weighted by Crippen LogP contribution is 2.29. The molecule has 2 rings (SSSR count). The molecule has 3 amide bonds. The zero-order valence-electron chi connectivity index (χ0n) is 12.9. The van der Waals surface area contributed by atoms with Crippen molar-refractivity contribution in [3.05, 3.63) is 29.8 Å². The molecule has 0 bridgehead atoms. The number of imide groups is 1. The van der Waals surface area contributed by atoms with Crippen LogP contribution in [-0.2, 0) is 4.79 Å². The molecule has 0 aliphatic carbocycles. The Balaban J connectivity index is 1.78. The van der Waals surface area contributed by atoms with E-state index >= 15 is 0 Å². The van der Waals surface area contributed by atoms with E-state index in [1.165, 1.54) is 5.56 Å². The van der Waals surface area contributed by atoms with Crippen LogP contribution < -0.4 is 15.8 Å². The Hall–Kier alpha value is -2.08. The van der Waals surface area contributed by atoms with E-state index < -0.39 is 6.03 Å². The largest absolute Gasteiger partial charge is 0.497 e. The van der Waals surface area contributed by atoms with E-state index in [0.29, 0.717) is 18.9 Å². The molecule has 1 aliphatic rings. The molecule has 0 radical (unpaired) electrons. The Morgan fingerprint density at radius 3 is 2.73 bits per heavy atom. The highest BCUT2D eigenvalue weighted by molar-refractivity contribution is 5.93. The summed E-state index contributed by atoms with van der Waals surface area (Å²) in [6.07, 6.45) is 2.42. The summed E-state index contributed by atoms with van der Waals surface area (Å²) in [4.78, 5) is 24.2. The Labute approximate surface area is 130 Å². The van der Waals surface area contributed by atoms with Crippen LogP contribution in [0.3, 0.4) is 0 Å². The van der Waals surface area contributed by atoms with Gasteiger partial charge in [0.1, 0.15) is 5.75 Å². The molecule has 1 saturated heterocycles. The summed E-state index contributed by atoms with van der Waals surface area (Å²) >= 11 is 0. The van der Waals surface area contributed by atoms with Crippen LogP contribution >= 0.6 is 0 Å². The van der Waals surface area contributed by atoms with Crippen LogP contribution in [0.15, 0.2) is 24.3 Å². The van der Waals surface area contributed by atoms with Crippen LogP contribution in [0.5, 0.6) is 5.75 Å². The van der Waals surface area contributed by atoms with Crippen LogP contribution in [0.2, 0.25) is 0 Å². The summed E-state index contributed by atoms with van der Waals surface area (Å²) in [5.74, 6) is 1.11. The molecule has 120 valence electrons. The van der Waals surface area contributed by atoms with Crippen molar-refractivity contribution >= 4 is 11.9 Å². The number of hydrogen-bond acceptors (Lipinski definition) is 4. The number of benzene rings is 1. The molecule has 1 aromatic carbocycles. The molecule has 6 nitrogen and oxygen atoms in total. The molecule has 1 fully saturated rings. The van der Waals surface area contributed by atoms with Crippen molar-refractivity contribution in [2.24, 2.45) is 5.73 Å². The third-order valence-electron chi connectivity index (χ3n) is 4.07. The summed E-state index contributed by atoms with van der Waals surface area (Å²) in [5.41, 5.74) is 6.22. The van der Waals surface area contributed by atoms with Gasteiger partial charge in [-0.25, -0.2) is 4.79 Å². The number of nitrogens with zero attached hydrogens (tertiary/aromatic N) is 1. The predicted molar refractivity (Wildman–Crippen MR) is 83.8 cm³/mol. The highest BCUT2D eigenvalue weighted by Gasteiger charge is 2.21. The molecule has 6 heteroatoms. The fourth-order valence-electron chi connectivity index (χ4n) is 2.84. The van der Waals surface area contributed by atoms with E-state index in [-0.39, 0.29) is 5.91 Å². The standard InChI is InChI=1S/C16H23N3O3/c1-22-14-4-2-3-13(11-14)12-5-8-19(9-6-12)10-7-15(20)18-16(17)21/h2-4,11-12H,5-10H2,1H3,(H3,17,18,20,21). The minimum absolute atomic E-state index is 0.298. The first kappa shape index (κ1) is 16.3. The fraction of sp³-hybridized carbons (Fsp3) is 0.500. The lowest BCUT2D eigenvalue weighted by Crippen LogP contribution is -2.39. The summed E-state index contributed by atoms with van der Waals surface area (Å²) in [5, 5.41) is 2.09. The van der Waals surface area contributed by atoms with Gasteiger partial charge in [0.15, 0.2) is 0 Å². The number of hydrogen-bond donors (Lipinski definition) is 2. The Morgan fingerprint density at radius 1 is 1.36 bits per heavy atom. The monoisotopic (exact) mass is 305 g/mol. The molecule has 1 heterocycles. The molecule has 1 aromatic rings. The van der Waals surface area contributed by atoms with Crippen molar-refractivity contribution in [1.29, 1.82) is 0 Å². The maximum atomic E-state index is 11.4. The topological polar surface area (TPSA) is 84.7 Å². The van der Waals surface area contributed by atoms with Gasteiger partial charge in [-0.15, -0.1) is 0 Å². The normalized spacial score (nSPS) is 16.2. The maximum Gasteiger partial charge on any atom is 0.318 e. The third kappa shape index (κ3) is 4.73. The molecule has 0 aromatic heterocycles. The van der Waals surface area contributed by atoms with Crippen LogP contribution in [0, 0.1) is 0 Å². The van der Waals surface area contributed by atoms with Crippen LogP contribution in [0.1, 0.15) is 30.7 Å². The minimum Gasteiger partial charge on any atom is -0.497 e. The molecular weight excluding hydrogens is 282 g/mol. The number of nitrogens with two attached hydrogens (primary N) is 1. The number of methoxy groups -OCH3 is 1. The van der Waals surface area contributed by atoms with Gasteiger partial charge < -0.3 is 15.4 Å².